The van der Waals surface area contributed by atoms with Crippen LogP contribution in [0.4, 0.5) is 46.5 Å². The van der Waals surface area contributed by atoms with Crippen LogP contribution in [0.15, 0.2) is 49.3 Å². The number of anilines is 5. The topological polar surface area (TPSA) is 207 Å². The summed E-state index contributed by atoms with van der Waals surface area (Å²) in [6.45, 7) is 4.47. The van der Waals surface area contributed by atoms with E-state index in [1.807, 2.05) is 0 Å². The van der Waals surface area contributed by atoms with Crippen LogP contribution in [0, 0.1) is 23.3 Å². The van der Waals surface area contributed by atoms with Gasteiger partial charge in [0.15, 0.2) is 23.3 Å². The Morgan fingerprint density at radius 1 is 0.597 bits per heavy atom. The molecular weight excluding hydrogens is 892 g/mol. The van der Waals surface area contributed by atoms with Gasteiger partial charge in [0.25, 0.3) is 0 Å². The molecule has 4 aliphatic heterocycles. The average Bonchev–Trinajstić information content (AvgIpc) is 4.02. The van der Waals surface area contributed by atoms with E-state index in [0.717, 1.165) is 100 Å². The van der Waals surface area contributed by atoms with Gasteiger partial charge in [-0.2, -0.15) is 9.97 Å². The highest BCUT2D eigenvalue weighted by atomic mass is 35.5. The van der Waals surface area contributed by atoms with E-state index < -0.39 is 17.5 Å². The van der Waals surface area contributed by atoms with Crippen molar-refractivity contribution in [1.29, 1.82) is 0 Å². The molecule has 23 heteroatoms. The van der Waals surface area contributed by atoms with Gasteiger partial charge in [-0.3, -0.25) is 0 Å². The standard InChI is InChI=1S/C22H25F2N9.C12H16ClFN4.C10H10FN5/c23-17-9-16(13-3-4-13)20(33-12-26-30-31-33)10-19(17)28-22-25-11-18(24)21(29-22)27-14-5-7-32-6-1-2-15(32)8-14;13-12-15-7-10(14)11(17-12)16-8-3-5-18-4-1-2-9(18)6-8;11-8-3-7(6-1-2-6)10(4-9(8)12)16-5-13-14-15-16/h9-15H,1-8H2,(H2,25,27,28,29);7-9H,1-6H2,(H,15,16,17);3-6H,1-2,12H2. The SMILES string of the molecule is Fc1cc(C2CC2)c(-n2cnnn2)cc1Nc1ncc(F)c(NC2CCN3CCCC3C2)n1.Fc1cnc(Cl)nc1NC1CCN2CCCC2C1.Nc1cc(-n2cnnn2)c(C2CC2)cc1F. The largest absolute Gasteiger partial charge is 0.396 e. The fourth-order valence-corrected chi connectivity index (χ4v) is 9.98. The smallest absolute Gasteiger partial charge is 0.229 e. The number of benzene rings is 2. The van der Waals surface area contributed by atoms with Gasteiger partial charge < -0.3 is 31.5 Å². The Morgan fingerprint density at radius 3 is 1.69 bits per heavy atom. The normalized spacial score (nSPS) is 22.5. The minimum atomic E-state index is -0.520. The van der Waals surface area contributed by atoms with Crippen LogP contribution >= 0.6 is 11.6 Å². The maximum Gasteiger partial charge on any atom is 0.229 e. The van der Waals surface area contributed by atoms with Crippen molar-refractivity contribution in [3.63, 3.8) is 0 Å². The van der Waals surface area contributed by atoms with E-state index in [-0.39, 0.29) is 52.1 Å². The second-order valence-corrected chi connectivity index (χ2v) is 18.5. The molecule has 2 saturated carbocycles. The van der Waals surface area contributed by atoms with E-state index in [4.69, 9.17) is 17.3 Å². The Balaban J connectivity index is 0.000000130. The number of nitrogen functional groups attached to an aromatic ring is 1. The van der Waals surface area contributed by atoms with Crippen molar-refractivity contribution in [2.45, 2.75) is 113 Å². The summed E-state index contributed by atoms with van der Waals surface area (Å²) in [7, 11) is 0. The van der Waals surface area contributed by atoms with E-state index >= 15 is 0 Å². The molecule has 5 N–H and O–H groups in total. The van der Waals surface area contributed by atoms with Crippen LogP contribution in [0.1, 0.15) is 100 Å². The fraction of sp³-hybridized carbons (Fsp3) is 0.500. The lowest BCUT2D eigenvalue weighted by molar-refractivity contribution is 0.187. The molecule has 0 amide bonds. The molecule has 0 spiro atoms. The second kappa shape index (κ2) is 19.6. The molecule has 6 aromatic rings. The number of nitrogens with two attached hydrogens (primary N) is 1. The van der Waals surface area contributed by atoms with Gasteiger partial charge in [0.2, 0.25) is 11.2 Å². The predicted octanol–water partition coefficient (Wildman–Crippen LogP) is 6.96. The summed E-state index contributed by atoms with van der Waals surface area (Å²) in [5, 5.41) is 31.7. The molecule has 4 atom stereocenters. The Hall–Kier alpha value is -6.13. The Bertz CT molecular complexity index is 2650. The average molecular weight is 943 g/mol. The number of aromatic nitrogens is 12. The van der Waals surface area contributed by atoms with Crippen molar-refractivity contribution in [2.75, 3.05) is 47.9 Å². The third kappa shape index (κ3) is 10.5. The van der Waals surface area contributed by atoms with E-state index in [1.54, 1.807) is 12.1 Å². The monoisotopic (exact) mass is 942 g/mol. The lowest BCUT2D eigenvalue weighted by Gasteiger charge is -2.35. The van der Waals surface area contributed by atoms with E-state index in [0.29, 0.717) is 29.6 Å². The van der Waals surface area contributed by atoms with Gasteiger partial charge in [-0.25, -0.2) is 36.9 Å². The number of halogens is 5. The first-order valence-electron chi connectivity index (χ1n) is 23.0. The number of hydrogen-bond donors (Lipinski definition) is 4. The first-order chi connectivity index (χ1) is 32.6. The third-order valence-electron chi connectivity index (χ3n) is 13.5. The van der Waals surface area contributed by atoms with Crippen LogP contribution < -0.4 is 21.7 Å². The van der Waals surface area contributed by atoms with Crippen molar-refractivity contribution >= 4 is 40.6 Å². The van der Waals surface area contributed by atoms with E-state index in [9.17, 15) is 17.6 Å². The summed E-state index contributed by atoms with van der Waals surface area (Å²) < 4.78 is 59.4. The van der Waals surface area contributed by atoms with Gasteiger partial charge in [-0.1, -0.05) is 0 Å². The molecule has 4 unspecified atom stereocenters. The summed E-state index contributed by atoms with van der Waals surface area (Å²) in [4.78, 5) is 20.9. The number of piperidine rings is 2. The molecule has 6 aliphatic rings. The van der Waals surface area contributed by atoms with Gasteiger partial charge in [0, 0.05) is 37.3 Å². The van der Waals surface area contributed by atoms with Crippen LogP contribution in [-0.4, -0.2) is 120 Å². The molecule has 4 aromatic heterocycles. The molecule has 2 aromatic carbocycles. The molecular formula is C44H51ClF4N18. The van der Waals surface area contributed by atoms with Crippen LogP contribution in [0.5, 0.6) is 0 Å². The van der Waals surface area contributed by atoms with Crippen LogP contribution in [0.2, 0.25) is 5.28 Å². The molecule has 12 rings (SSSR count). The minimum absolute atomic E-state index is 0.0807. The Kier molecular flexibility index (Phi) is 13.1. The molecule has 352 valence electrons. The first-order valence-corrected chi connectivity index (χ1v) is 23.4. The molecule has 0 radical (unpaired) electrons. The summed E-state index contributed by atoms with van der Waals surface area (Å²) in [5.41, 5.74) is 9.13. The lowest BCUT2D eigenvalue weighted by Crippen LogP contribution is -2.43. The van der Waals surface area contributed by atoms with Crippen LogP contribution in [-0.2, 0) is 0 Å². The molecule has 8 heterocycles. The number of tetrazole rings is 2. The maximum absolute atomic E-state index is 14.9. The highest BCUT2D eigenvalue weighted by molar-refractivity contribution is 6.28. The van der Waals surface area contributed by atoms with Crippen molar-refractivity contribution in [3.05, 3.63) is 89.0 Å². The Labute approximate surface area is 388 Å². The van der Waals surface area contributed by atoms with Gasteiger partial charge >= 0.3 is 0 Å². The zero-order valence-electron chi connectivity index (χ0n) is 36.6. The molecule has 6 fully saturated rings. The second-order valence-electron chi connectivity index (χ2n) is 18.1. The quantitative estimate of drug-likeness (QED) is 0.0622. The van der Waals surface area contributed by atoms with Gasteiger partial charge in [-0.15, -0.1) is 10.2 Å². The van der Waals surface area contributed by atoms with Crippen molar-refractivity contribution in [1.82, 2.24) is 70.2 Å². The van der Waals surface area contributed by atoms with E-state index in [2.05, 4.69) is 76.7 Å². The fourth-order valence-electron chi connectivity index (χ4n) is 9.84. The van der Waals surface area contributed by atoms with Crippen molar-refractivity contribution in [3.8, 4) is 11.4 Å². The van der Waals surface area contributed by atoms with Gasteiger partial charge in [0.1, 0.15) is 24.3 Å². The summed E-state index contributed by atoms with van der Waals surface area (Å²) in [5.74, 6) is -0.555. The summed E-state index contributed by atoms with van der Waals surface area (Å²) >= 11 is 5.69. The van der Waals surface area contributed by atoms with Gasteiger partial charge in [0.05, 0.1) is 35.1 Å². The zero-order chi connectivity index (χ0) is 46.0. The van der Waals surface area contributed by atoms with Crippen molar-refractivity contribution in [2.24, 2.45) is 0 Å². The number of rotatable bonds is 10. The number of nitrogens with one attached hydrogen (secondary N) is 3. The van der Waals surface area contributed by atoms with Crippen LogP contribution in [0.25, 0.3) is 11.4 Å². The zero-order valence-corrected chi connectivity index (χ0v) is 37.4. The molecule has 67 heavy (non-hydrogen) atoms. The number of nitrogens with zero attached hydrogens (tertiary/aromatic N) is 14. The van der Waals surface area contributed by atoms with Crippen molar-refractivity contribution < 1.29 is 17.6 Å². The minimum Gasteiger partial charge on any atom is -0.396 e. The summed E-state index contributed by atoms with van der Waals surface area (Å²) in [6.07, 6.45) is 18.3. The first kappa shape index (κ1) is 44.7. The molecule has 0 bridgehead atoms. The maximum atomic E-state index is 14.9. The van der Waals surface area contributed by atoms with Gasteiger partial charge in [-0.05, 0) is 170 Å². The van der Waals surface area contributed by atoms with E-state index in [1.165, 1.54) is 66.4 Å². The molecule has 2 aliphatic carbocycles. The molecule has 18 nitrogen and oxygen atoms in total. The number of fused-ring (bicyclic) bond motifs is 2. The highest BCUT2D eigenvalue weighted by Crippen LogP contribution is 2.45. The number of hydrogen-bond acceptors (Lipinski definition) is 16. The summed E-state index contributed by atoms with van der Waals surface area (Å²) in [6, 6.07) is 7.87. The lowest BCUT2D eigenvalue weighted by atomic mass is 9.97. The Morgan fingerprint density at radius 2 is 1.13 bits per heavy atom. The van der Waals surface area contributed by atoms with Crippen LogP contribution in [0.3, 0.4) is 0 Å². The molecule has 4 saturated heterocycles. The third-order valence-corrected chi connectivity index (χ3v) is 13.7. The highest BCUT2D eigenvalue weighted by Gasteiger charge is 2.34. The predicted molar refractivity (Wildman–Crippen MR) is 241 cm³/mol.